The lowest BCUT2D eigenvalue weighted by atomic mass is 9.98. The maximum absolute atomic E-state index is 11.5. The van der Waals surface area contributed by atoms with Crippen molar-refractivity contribution in [3.8, 4) is 0 Å². The largest absolute Gasteiger partial charge is 0.298 e. The van der Waals surface area contributed by atoms with Crippen molar-refractivity contribution in [1.29, 1.82) is 0 Å². The second-order valence-electron chi connectivity index (χ2n) is 3.16. The highest BCUT2D eigenvalue weighted by molar-refractivity contribution is 5.97. The summed E-state index contributed by atoms with van der Waals surface area (Å²) in [7, 11) is 0. The van der Waals surface area contributed by atoms with Crippen molar-refractivity contribution in [2.24, 2.45) is 0 Å². The Labute approximate surface area is 83.9 Å². The first-order valence-electron chi connectivity index (χ1n) is 4.84. The lowest BCUT2D eigenvalue weighted by molar-refractivity contribution is 0.0986. The predicted molar refractivity (Wildman–Crippen MR) is 55.8 cm³/mol. The first-order chi connectivity index (χ1) is 6.72. The monoisotopic (exact) mass is 190 g/mol. The molecule has 0 aliphatic heterocycles. The first kappa shape index (κ1) is 10.6. The van der Waals surface area contributed by atoms with E-state index in [9.17, 15) is 9.59 Å². The number of carbonyl (C=O) groups is 2. The van der Waals surface area contributed by atoms with Crippen molar-refractivity contribution >= 4 is 12.1 Å². The van der Waals surface area contributed by atoms with Crippen LogP contribution in [-0.4, -0.2) is 12.1 Å². The number of hydrogen-bond acceptors (Lipinski definition) is 2. The second-order valence-corrected chi connectivity index (χ2v) is 3.16. The van der Waals surface area contributed by atoms with Crippen LogP contribution >= 0.6 is 0 Å². The Hall–Kier alpha value is -1.44. The molecule has 0 saturated heterocycles. The molecule has 2 nitrogen and oxygen atoms in total. The van der Waals surface area contributed by atoms with Crippen LogP contribution in [0, 0.1) is 0 Å². The molecule has 0 amide bonds. The molecule has 0 aromatic heterocycles. The predicted octanol–water partition coefficient (Wildman–Crippen LogP) is 2.65. The summed E-state index contributed by atoms with van der Waals surface area (Å²) in [6.45, 7) is 3.83. The Bertz CT molecular complexity index is 353. The molecule has 1 rings (SSSR count). The highest BCUT2D eigenvalue weighted by Crippen LogP contribution is 2.14. The van der Waals surface area contributed by atoms with Gasteiger partial charge in [0.1, 0.15) is 6.29 Å². The van der Waals surface area contributed by atoms with Crippen LogP contribution in [0.25, 0.3) is 0 Å². The van der Waals surface area contributed by atoms with Crippen molar-refractivity contribution in [2.45, 2.75) is 26.7 Å². The summed E-state index contributed by atoms with van der Waals surface area (Å²) in [5.41, 5.74) is 2.34. The van der Waals surface area contributed by atoms with Crippen molar-refractivity contribution in [2.75, 3.05) is 0 Å². The fraction of sp³-hybridized carbons (Fsp3) is 0.333. The summed E-state index contributed by atoms with van der Waals surface area (Å²) in [5.74, 6) is 0.138. The van der Waals surface area contributed by atoms with Gasteiger partial charge < -0.3 is 0 Å². The molecule has 74 valence electrons. The normalized spacial score (nSPS) is 9.86. The number of hydrogen-bond donors (Lipinski definition) is 0. The summed E-state index contributed by atoms with van der Waals surface area (Å²) in [5, 5.41) is 0. The molecule has 14 heavy (non-hydrogen) atoms. The third-order valence-electron chi connectivity index (χ3n) is 2.27. The lowest BCUT2D eigenvalue weighted by Gasteiger charge is -2.05. The number of aldehydes is 1. The van der Waals surface area contributed by atoms with Gasteiger partial charge >= 0.3 is 0 Å². The maximum atomic E-state index is 11.5. The van der Waals surface area contributed by atoms with Crippen LogP contribution in [0.15, 0.2) is 18.2 Å². The Morgan fingerprint density at radius 1 is 1.36 bits per heavy atom. The standard InChI is InChI=1S/C12H14O2/c1-3-10-7-9(8-13)5-6-11(10)12(14)4-2/h5-8H,3-4H2,1-2H3. The topological polar surface area (TPSA) is 34.1 Å². The molecular formula is C12H14O2. The summed E-state index contributed by atoms with van der Waals surface area (Å²) in [4.78, 5) is 22.0. The quantitative estimate of drug-likeness (QED) is 0.540. The molecule has 0 bridgehead atoms. The third kappa shape index (κ3) is 2.08. The molecular weight excluding hydrogens is 176 g/mol. The van der Waals surface area contributed by atoms with Gasteiger partial charge in [0.15, 0.2) is 5.78 Å². The molecule has 0 aliphatic carbocycles. The van der Waals surface area contributed by atoms with Crippen molar-refractivity contribution < 1.29 is 9.59 Å². The zero-order valence-corrected chi connectivity index (χ0v) is 8.54. The van der Waals surface area contributed by atoms with E-state index in [0.29, 0.717) is 12.0 Å². The van der Waals surface area contributed by atoms with E-state index in [1.165, 1.54) is 0 Å². The third-order valence-corrected chi connectivity index (χ3v) is 2.27. The lowest BCUT2D eigenvalue weighted by Crippen LogP contribution is -2.02. The van der Waals surface area contributed by atoms with Crippen LogP contribution in [0.1, 0.15) is 46.5 Å². The van der Waals surface area contributed by atoms with Gasteiger partial charge in [0.2, 0.25) is 0 Å². The van der Waals surface area contributed by atoms with E-state index in [4.69, 9.17) is 0 Å². The number of aryl methyl sites for hydroxylation is 1. The van der Waals surface area contributed by atoms with Crippen molar-refractivity contribution in [1.82, 2.24) is 0 Å². The average Bonchev–Trinajstić information content (AvgIpc) is 2.27. The van der Waals surface area contributed by atoms with Crippen molar-refractivity contribution in [3.05, 3.63) is 34.9 Å². The number of rotatable bonds is 4. The fourth-order valence-corrected chi connectivity index (χ4v) is 1.44. The summed E-state index contributed by atoms with van der Waals surface area (Å²) < 4.78 is 0. The van der Waals surface area contributed by atoms with E-state index in [1.54, 1.807) is 18.2 Å². The smallest absolute Gasteiger partial charge is 0.162 e. The van der Waals surface area contributed by atoms with Crippen LogP contribution < -0.4 is 0 Å². The summed E-state index contributed by atoms with van der Waals surface area (Å²) >= 11 is 0. The van der Waals surface area contributed by atoms with E-state index in [0.717, 1.165) is 23.8 Å². The minimum absolute atomic E-state index is 0.138. The molecule has 0 fully saturated rings. The SMILES string of the molecule is CCC(=O)c1ccc(C=O)cc1CC. The highest BCUT2D eigenvalue weighted by Gasteiger charge is 2.08. The van der Waals surface area contributed by atoms with E-state index in [-0.39, 0.29) is 5.78 Å². The molecule has 2 heteroatoms. The molecule has 1 aromatic rings. The van der Waals surface area contributed by atoms with Crippen molar-refractivity contribution in [3.63, 3.8) is 0 Å². The second kappa shape index (κ2) is 4.70. The molecule has 1 aromatic carbocycles. The van der Waals surface area contributed by atoms with E-state index >= 15 is 0 Å². The molecule has 0 N–H and O–H groups in total. The van der Waals surface area contributed by atoms with Crippen LogP contribution in [0.3, 0.4) is 0 Å². The van der Waals surface area contributed by atoms with E-state index < -0.39 is 0 Å². The van der Waals surface area contributed by atoms with E-state index in [2.05, 4.69) is 0 Å². The zero-order valence-electron chi connectivity index (χ0n) is 8.54. The van der Waals surface area contributed by atoms with Gasteiger partial charge in [0, 0.05) is 17.5 Å². The Kier molecular flexibility index (Phi) is 3.57. The van der Waals surface area contributed by atoms with Gasteiger partial charge in [-0.25, -0.2) is 0 Å². The number of ketones is 1. The van der Waals surface area contributed by atoms with Crippen LogP contribution in [0.4, 0.5) is 0 Å². The van der Waals surface area contributed by atoms with Gasteiger partial charge in [0.25, 0.3) is 0 Å². The highest BCUT2D eigenvalue weighted by atomic mass is 16.1. The average molecular weight is 190 g/mol. The van der Waals surface area contributed by atoms with Gasteiger partial charge in [-0.2, -0.15) is 0 Å². The zero-order chi connectivity index (χ0) is 10.6. The Morgan fingerprint density at radius 2 is 2.07 bits per heavy atom. The van der Waals surface area contributed by atoms with Gasteiger partial charge in [-0.1, -0.05) is 26.0 Å². The molecule has 0 saturated carbocycles. The number of Topliss-reactive ketones (excluding diaryl/α,β-unsaturated/α-hetero) is 1. The molecule has 0 aliphatic rings. The minimum atomic E-state index is 0.138. The van der Waals surface area contributed by atoms with Gasteiger partial charge in [-0.05, 0) is 18.1 Å². The number of carbonyl (C=O) groups excluding carboxylic acids is 2. The first-order valence-corrected chi connectivity index (χ1v) is 4.84. The van der Waals surface area contributed by atoms with Crippen LogP contribution in [-0.2, 0) is 6.42 Å². The van der Waals surface area contributed by atoms with E-state index in [1.807, 2.05) is 13.8 Å². The minimum Gasteiger partial charge on any atom is -0.298 e. The van der Waals surface area contributed by atoms with Gasteiger partial charge in [-0.3, -0.25) is 9.59 Å². The molecule has 0 unspecified atom stereocenters. The Morgan fingerprint density at radius 3 is 2.57 bits per heavy atom. The van der Waals surface area contributed by atoms with Gasteiger partial charge in [0.05, 0.1) is 0 Å². The van der Waals surface area contributed by atoms with Crippen LogP contribution in [0.2, 0.25) is 0 Å². The van der Waals surface area contributed by atoms with Crippen LogP contribution in [0.5, 0.6) is 0 Å². The molecule has 0 radical (unpaired) electrons. The summed E-state index contributed by atoms with van der Waals surface area (Å²) in [6.07, 6.45) is 2.09. The molecule has 0 spiro atoms. The molecule has 0 heterocycles. The summed E-state index contributed by atoms with van der Waals surface area (Å²) in [6, 6.07) is 5.22. The fourth-order valence-electron chi connectivity index (χ4n) is 1.44. The maximum Gasteiger partial charge on any atom is 0.162 e. The Balaban J connectivity index is 3.17. The van der Waals surface area contributed by atoms with Gasteiger partial charge in [-0.15, -0.1) is 0 Å². The number of benzene rings is 1. The molecule has 0 atom stereocenters.